The van der Waals surface area contributed by atoms with Crippen LogP contribution in [0.5, 0.6) is 0 Å². The molecule has 0 heterocycles. The first-order valence-electron chi connectivity index (χ1n) is 5.31. The van der Waals surface area contributed by atoms with Crippen molar-refractivity contribution in [1.82, 2.24) is 4.90 Å². The molecule has 82 valence electrons. The molecular weight excluding hydrogens is 273 g/mol. The molecule has 1 aliphatic carbocycles. The van der Waals surface area contributed by atoms with Gasteiger partial charge in [-0.15, -0.1) is 0 Å². The van der Waals surface area contributed by atoms with Gasteiger partial charge in [-0.25, -0.2) is 0 Å². The molecule has 1 aromatic carbocycles. The van der Waals surface area contributed by atoms with Gasteiger partial charge in [-0.05, 0) is 37.6 Å². The Bertz CT molecular complexity index is 349. The second-order valence-electron chi connectivity index (χ2n) is 4.24. The quantitative estimate of drug-likeness (QED) is 0.810. The molecular formula is C12H15BrClN. The number of rotatable bonds is 3. The van der Waals surface area contributed by atoms with Crippen molar-refractivity contribution in [2.24, 2.45) is 0 Å². The fraction of sp³-hybridized carbons (Fsp3) is 0.500. The summed E-state index contributed by atoms with van der Waals surface area (Å²) in [6.07, 6.45) is 4.05. The third-order valence-corrected chi connectivity index (χ3v) is 3.98. The van der Waals surface area contributed by atoms with Crippen molar-refractivity contribution in [2.75, 3.05) is 7.05 Å². The average molecular weight is 289 g/mol. The molecule has 0 aliphatic heterocycles. The number of nitrogens with zero attached hydrogens (tertiary/aromatic N) is 1. The second kappa shape index (κ2) is 4.86. The topological polar surface area (TPSA) is 3.24 Å². The summed E-state index contributed by atoms with van der Waals surface area (Å²) in [5.74, 6) is 0. The standard InChI is InChI=1S/C12H15BrClN/c1-15(11-3-2-4-11)8-9-5-6-10(13)7-12(9)14/h5-7,11H,2-4,8H2,1H3. The smallest absolute Gasteiger partial charge is 0.0462 e. The van der Waals surface area contributed by atoms with Crippen molar-refractivity contribution in [3.05, 3.63) is 33.3 Å². The van der Waals surface area contributed by atoms with E-state index < -0.39 is 0 Å². The summed E-state index contributed by atoms with van der Waals surface area (Å²) in [6, 6.07) is 6.88. The first-order valence-corrected chi connectivity index (χ1v) is 6.48. The number of halogens is 2. The summed E-state index contributed by atoms with van der Waals surface area (Å²) in [5, 5.41) is 0.857. The van der Waals surface area contributed by atoms with Crippen LogP contribution in [0.1, 0.15) is 24.8 Å². The summed E-state index contributed by atoms with van der Waals surface area (Å²) in [5.41, 5.74) is 1.22. The third kappa shape index (κ3) is 2.74. The van der Waals surface area contributed by atoms with Crippen molar-refractivity contribution in [3.8, 4) is 0 Å². The molecule has 0 bridgehead atoms. The second-order valence-corrected chi connectivity index (χ2v) is 5.56. The summed E-state index contributed by atoms with van der Waals surface area (Å²) in [6.45, 7) is 0.955. The first-order chi connectivity index (χ1) is 7.16. The Morgan fingerprint density at radius 1 is 1.47 bits per heavy atom. The molecule has 15 heavy (non-hydrogen) atoms. The van der Waals surface area contributed by atoms with Gasteiger partial charge in [0.25, 0.3) is 0 Å². The molecule has 0 unspecified atom stereocenters. The largest absolute Gasteiger partial charge is 0.299 e. The van der Waals surface area contributed by atoms with Crippen LogP contribution in [-0.2, 0) is 6.54 Å². The Morgan fingerprint density at radius 3 is 2.73 bits per heavy atom. The lowest BCUT2D eigenvalue weighted by Gasteiger charge is -2.34. The van der Waals surface area contributed by atoms with E-state index in [9.17, 15) is 0 Å². The highest BCUT2D eigenvalue weighted by molar-refractivity contribution is 9.10. The van der Waals surface area contributed by atoms with Gasteiger partial charge < -0.3 is 0 Å². The lowest BCUT2D eigenvalue weighted by molar-refractivity contribution is 0.152. The van der Waals surface area contributed by atoms with Crippen molar-refractivity contribution in [3.63, 3.8) is 0 Å². The predicted molar refractivity (Wildman–Crippen MR) is 68.3 cm³/mol. The zero-order chi connectivity index (χ0) is 10.8. The Kier molecular flexibility index (Phi) is 3.70. The fourth-order valence-electron chi connectivity index (χ4n) is 1.88. The molecule has 0 N–H and O–H groups in total. The van der Waals surface area contributed by atoms with Gasteiger partial charge in [0.05, 0.1) is 0 Å². The number of benzene rings is 1. The molecule has 0 spiro atoms. The van der Waals surface area contributed by atoms with Crippen LogP contribution >= 0.6 is 27.5 Å². The molecule has 0 amide bonds. The molecule has 0 atom stereocenters. The Balaban J connectivity index is 2.03. The maximum Gasteiger partial charge on any atom is 0.0462 e. The maximum atomic E-state index is 6.18. The molecule has 0 aromatic heterocycles. The van der Waals surface area contributed by atoms with E-state index in [1.807, 2.05) is 6.07 Å². The van der Waals surface area contributed by atoms with Crippen LogP contribution in [0.4, 0.5) is 0 Å². The lowest BCUT2D eigenvalue weighted by atomic mass is 9.91. The molecule has 1 fully saturated rings. The summed E-state index contributed by atoms with van der Waals surface area (Å²) in [4.78, 5) is 2.40. The van der Waals surface area contributed by atoms with Crippen molar-refractivity contribution < 1.29 is 0 Å². The van der Waals surface area contributed by atoms with E-state index in [1.54, 1.807) is 0 Å². The van der Waals surface area contributed by atoms with Gasteiger partial charge in [0.1, 0.15) is 0 Å². The van der Waals surface area contributed by atoms with Gasteiger partial charge in [0.2, 0.25) is 0 Å². The van der Waals surface area contributed by atoms with Gasteiger partial charge in [-0.1, -0.05) is 40.0 Å². The van der Waals surface area contributed by atoms with E-state index in [-0.39, 0.29) is 0 Å². The number of hydrogen-bond acceptors (Lipinski definition) is 1. The normalized spacial score (nSPS) is 16.8. The van der Waals surface area contributed by atoms with Gasteiger partial charge >= 0.3 is 0 Å². The van der Waals surface area contributed by atoms with Crippen LogP contribution in [-0.4, -0.2) is 18.0 Å². The molecule has 2 rings (SSSR count). The summed E-state index contributed by atoms with van der Waals surface area (Å²) >= 11 is 9.60. The van der Waals surface area contributed by atoms with Gasteiger partial charge in [-0.2, -0.15) is 0 Å². The highest BCUT2D eigenvalue weighted by Gasteiger charge is 2.22. The summed E-state index contributed by atoms with van der Waals surface area (Å²) in [7, 11) is 2.18. The lowest BCUT2D eigenvalue weighted by Crippen LogP contribution is -2.36. The molecule has 1 aliphatic rings. The minimum Gasteiger partial charge on any atom is -0.299 e. The third-order valence-electron chi connectivity index (χ3n) is 3.13. The SMILES string of the molecule is CN(Cc1ccc(Br)cc1Cl)C1CCC1. The zero-order valence-corrected chi connectivity index (χ0v) is 11.2. The van der Waals surface area contributed by atoms with E-state index in [2.05, 4.69) is 40.0 Å². The molecule has 1 saturated carbocycles. The van der Waals surface area contributed by atoms with Crippen LogP contribution in [0.3, 0.4) is 0 Å². The molecule has 3 heteroatoms. The monoisotopic (exact) mass is 287 g/mol. The fourth-order valence-corrected chi connectivity index (χ4v) is 2.61. The molecule has 0 radical (unpaired) electrons. The van der Waals surface area contributed by atoms with Crippen molar-refractivity contribution in [1.29, 1.82) is 0 Å². The Morgan fingerprint density at radius 2 is 2.20 bits per heavy atom. The van der Waals surface area contributed by atoms with Crippen LogP contribution in [0.15, 0.2) is 22.7 Å². The van der Waals surface area contributed by atoms with E-state index in [4.69, 9.17) is 11.6 Å². The van der Waals surface area contributed by atoms with Gasteiger partial charge in [-0.3, -0.25) is 4.90 Å². The number of hydrogen-bond donors (Lipinski definition) is 0. The van der Waals surface area contributed by atoms with Gasteiger partial charge in [0, 0.05) is 22.1 Å². The van der Waals surface area contributed by atoms with E-state index in [0.29, 0.717) is 0 Å². The van der Waals surface area contributed by atoms with Crippen molar-refractivity contribution >= 4 is 27.5 Å². The highest BCUT2D eigenvalue weighted by Crippen LogP contribution is 2.27. The predicted octanol–water partition coefficient (Wildman–Crippen LogP) is 4.09. The zero-order valence-electron chi connectivity index (χ0n) is 8.84. The van der Waals surface area contributed by atoms with E-state index >= 15 is 0 Å². The minimum absolute atomic E-state index is 0.768. The van der Waals surface area contributed by atoms with Gasteiger partial charge in [0.15, 0.2) is 0 Å². The average Bonchev–Trinajstić information content (AvgIpc) is 2.07. The minimum atomic E-state index is 0.768. The van der Waals surface area contributed by atoms with Crippen molar-refractivity contribution in [2.45, 2.75) is 31.8 Å². The van der Waals surface area contributed by atoms with E-state index in [0.717, 1.165) is 22.1 Å². The molecule has 0 saturated heterocycles. The Labute approximate surface area is 105 Å². The summed E-state index contributed by atoms with van der Waals surface area (Å²) < 4.78 is 1.04. The van der Waals surface area contributed by atoms with Crippen LogP contribution in [0, 0.1) is 0 Å². The first kappa shape index (κ1) is 11.4. The molecule has 1 nitrogen and oxygen atoms in total. The van der Waals surface area contributed by atoms with Crippen LogP contribution in [0.2, 0.25) is 5.02 Å². The highest BCUT2D eigenvalue weighted by atomic mass is 79.9. The van der Waals surface area contributed by atoms with E-state index in [1.165, 1.54) is 24.8 Å². The maximum absolute atomic E-state index is 6.18. The Hall–Kier alpha value is -0.0500. The van der Waals surface area contributed by atoms with Crippen LogP contribution in [0.25, 0.3) is 0 Å². The molecule has 1 aromatic rings. The van der Waals surface area contributed by atoms with Crippen LogP contribution < -0.4 is 0 Å².